The van der Waals surface area contributed by atoms with Gasteiger partial charge < -0.3 is 18.5 Å². The normalized spacial score (nSPS) is 11.7. The number of nitrogens with zero attached hydrogens (tertiary/aromatic N) is 2. The lowest BCUT2D eigenvalue weighted by Gasteiger charge is -2.23. The summed E-state index contributed by atoms with van der Waals surface area (Å²) in [7, 11) is 0. The summed E-state index contributed by atoms with van der Waals surface area (Å²) in [5.41, 5.74) is 6.38. The average Bonchev–Trinajstić information content (AvgIpc) is 3.54. The van der Waals surface area contributed by atoms with Crippen molar-refractivity contribution in [3.05, 3.63) is 113 Å². The molecule has 204 valence electrons. The zero-order valence-electron chi connectivity index (χ0n) is 23.4. The fourth-order valence-corrected chi connectivity index (χ4v) is 4.54. The molecule has 0 aliphatic carbocycles. The molecule has 2 heterocycles. The van der Waals surface area contributed by atoms with E-state index in [9.17, 15) is 4.79 Å². The van der Waals surface area contributed by atoms with E-state index in [1.807, 2.05) is 81.4 Å². The number of furan rings is 1. The largest absolute Gasteiger partial charge is 0.487 e. The van der Waals surface area contributed by atoms with E-state index < -0.39 is 5.91 Å². The van der Waals surface area contributed by atoms with Gasteiger partial charge in [0.2, 0.25) is 0 Å². The molecule has 5 aromatic rings. The number of carbonyl (C=O) groups excluding carboxylic acids is 1. The first-order valence-electron chi connectivity index (χ1n) is 13.2. The molecule has 0 unspecified atom stereocenters. The van der Waals surface area contributed by atoms with Gasteiger partial charge in [-0.1, -0.05) is 30.3 Å². The number of aryl methyl sites for hydroxylation is 2. The topological polar surface area (TPSA) is 78.0 Å². The van der Waals surface area contributed by atoms with Crippen LogP contribution in [0, 0.1) is 13.8 Å². The first kappa shape index (κ1) is 26.8. The second-order valence-corrected chi connectivity index (χ2v) is 10.6. The number of carbonyl (C=O) groups is 1. The number of nitrogens with one attached hydrogen (secondary N) is 1. The van der Waals surface area contributed by atoms with Gasteiger partial charge in [0.15, 0.2) is 5.76 Å². The van der Waals surface area contributed by atoms with Gasteiger partial charge in [-0.2, -0.15) is 5.10 Å². The van der Waals surface area contributed by atoms with Gasteiger partial charge in [-0.15, -0.1) is 0 Å². The van der Waals surface area contributed by atoms with E-state index in [-0.39, 0.29) is 18.0 Å². The van der Waals surface area contributed by atoms with E-state index in [1.165, 1.54) is 11.4 Å². The highest BCUT2D eigenvalue weighted by Gasteiger charge is 2.16. The first-order valence-corrected chi connectivity index (χ1v) is 13.2. The number of fused-ring (bicyclic) bond motifs is 1. The Hall–Kier alpha value is -4.78. The van der Waals surface area contributed by atoms with Crippen molar-refractivity contribution in [3.63, 3.8) is 0 Å². The van der Waals surface area contributed by atoms with Gasteiger partial charge in [-0.05, 0) is 100.0 Å². The van der Waals surface area contributed by atoms with Crippen molar-refractivity contribution in [1.29, 1.82) is 0 Å². The van der Waals surface area contributed by atoms with E-state index in [1.54, 1.807) is 18.3 Å². The number of amides is 1. The number of rotatable bonds is 8. The molecule has 2 aromatic heterocycles. The van der Waals surface area contributed by atoms with E-state index in [0.717, 1.165) is 22.0 Å². The van der Waals surface area contributed by atoms with Gasteiger partial charge in [-0.3, -0.25) is 4.79 Å². The molecule has 0 saturated carbocycles. The van der Waals surface area contributed by atoms with E-state index in [2.05, 4.69) is 41.1 Å². The number of benzene rings is 3. The summed E-state index contributed by atoms with van der Waals surface area (Å²) >= 11 is 0. The third kappa shape index (κ3) is 6.10. The van der Waals surface area contributed by atoms with Crippen LogP contribution in [0.15, 0.2) is 94.4 Å². The van der Waals surface area contributed by atoms with Crippen LogP contribution in [0.2, 0.25) is 0 Å². The maximum Gasteiger partial charge on any atom is 0.307 e. The summed E-state index contributed by atoms with van der Waals surface area (Å²) < 4.78 is 19.9. The van der Waals surface area contributed by atoms with Crippen molar-refractivity contribution in [1.82, 2.24) is 9.99 Å². The number of aromatic nitrogens is 1. The Kier molecular flexibility index (Phi) is 7.47. The van der Waals surface area contributed by atoms with Gasteiger partial charge >= 0.3 is 5.91 Å². The second-order valence-electron chi connectivity index (χ2n) is 10.6. The molecule has 3 aromatic carbocycles. The van der Waals surface area contributed by atoms with E-state index in [4.69, 9.17) is 13.9 Å². The molecule has 0 saturated heterocycles. The molecular formula is C33H33N3O4. The summed E-state index contributed by atoms with van der Waals surface area (Å²) in [4.78, 5) is 12.7. The Morgan fingerprint density at radius 3 is 2.38 bits per heavy atom. The van der Waals surface area contributed by atoms with Crippen LogP contribution in [0.4, 0.5) is 0 Å². The van der Waals surface area contributed by atoms with Crippen LogP contribution < -0.4 is 14.9 Å². The lowest BCUT2D eigenvalue weighted by molar-refractivity contribution is 0.0923. The number of hydrazone groups is 1. The molecule has 0 aliphatic rings. The van der Waals surface area contributed by atoms with Crippen LogP contribution in [0.25, 0.3) is 16.5 Å². The Morgan fingerprint density at radius 1 is 0.925 bits per heavy atom. The summed E-state index contributed by atoms with van der Waals surface area (Å²) in [6.07, 6.45) is 1.61. The first-order chi connectivity index (χ1) is 19.2. The predicted molar refractivity (Wildman–Crippen MR) is 158 cm³/mol. The van der Waals surface area contributed by atoms with Gasteiger partial charge in [0.25, 0.3) is 0 Å². The lowest BCUT2D eigenvalue weighted by atomic mass is 10.0. The molecule has 1 N–H and O–H groups in total. The molecule has 0 fully saturated rings. The monoisotopic (exact) mass is 535 g/mol. The Balaban J connectivity index is 1.22. The van der Waals surface area contributed by atoms with Crippen molar-refractivity contribution in [2.75, 3.05) is 0 Å². The molecule has 0 radical (unpaired) electrons. The molecule has 0 aliphatic heterocycles. The molecule has 0 spiro atoms. The molecule has 0 bridgehead atoms. The molecule has 0 atom stereocenters. The smallest absolute Gasteiger partial charge is 0.307 e. The highest BCUT2D eigenvalue weighted by molar-refractivity contribution is 6.03. The highest BCUT2D eigenvalue weighted by Crippen LogP contribution is 2.29. The quantitative estimate of drug-likeness (QED) is 0.166. The van der Waals surface area contributed by atoms with Crippen molar-refractivity contribution in [2.45, 2.75) is 46.8 Å². The zero-order chi connectivity index (χ0) is 28.3. The van der Waals surface area contributed by atoms with Gasteiger partial charge in [0.05, 0.1) is 6.21 Å². The van der Waals surface area contributed by atoms with Crippen LogP contribution in [-0.4, -0.2) is 22.3 Å². The molecular weight excluding hydrogens is 502 g/mol. The summed E-state index contributed by atoms with van der Waals surface area (Å²) in [5, 5.41) is 6.24. The fourth-order valence-electron chi connectivity index (χ4n) is 4.54. The maximum atomic E-state index is 12.7. The number of hydrogen-bond acceptors (Lipinski definition) is 5. The van der Waals surface area contributed by atoms with Crippen molar-refractivity contribution >= 4 is 22.9 Å². The molecule has 1 amide bonds. The third-order valence-electron chi connectivity index (χ3n) is 6.34. The van der Waals surface area contributed by atoms with Gasteiger partial charge in [0, 0.05) is 22.6 Å². The minimum absolute atomic E-state index is 0.147. The second kappa shape index (κ2) is 11.1. The lowest BCUT2D eigenvalue weighted by Crippen LogP contribution is -2.24. The van der Waals surface area contributed by atoms with E-state index in [0.29, 0.717) is 17.3 Å². The zero-order valence-corrected chi connectivity index (χ0v) is 23.4. The third-order valence-corrected chi connectivity index (χ3v) is 6.34. The Bertz CT molecular complexity index is 1650. The minimum Gasteiger partial charge on any atom is -0.487 e. The summed E-state index contributed by atoms with van der Waals surface area (Å²) in [6, 6.07) is 27.3. The van der Waals surface area contributed by atoms with Crippen molar-refractivity contribution < 1.29 is 18.7 Å². The van der Waals surface area contributed by atoms with Gasteiger partial charge in [0.1, 0.15) is 29.5 Å². The number of hydrogen-bond donors (Lipinski definition) is 1. The van der Waals surface area contributed by atoms with Crippen molar-refractivity contribution in [2.24, 2.45) is 5.10 Å². The average molecular weight is 536 g/mol. The Labute approximate surface area is 234 Å². The summed E-state index contributed by atoms with van der Waals surface area (Å²) in [5.74, 6) is 1.62. The van der Waals surface area contributed by atoms with Crippen LogP contribution >= 0.6 is 0 Å². The van der Waals surface area contributed by atoms with Crippen LogP contribution in [0.3, 0.4) is 0 Å². The summed E-state index contributed by atoms with van der Waals surface area (Å²) in [6.45, 7) is 10.3. The Morgan fingerprint density at radius 2 is 1.65 bits per heavy atom. The standard InChI is InChI=1S/C33H33N3O4/c1-22-10-11-23(2)36(22)25-13-15-26(16-14-25)38-21-27-17-19-31(39-27)32(37)35-34-20-29-28-9-7-6-8-24(28)12-18-30(29)40-33(3,4)5/h6-20H,21H2,1-5H3,(H,35,37)/b34-20+. The fraction of sp³-hybridized carbons (Fsp3) is 0.212. The minimum atomic E-state index is -0.456. The number of ether oxygens (including phenoxy) is 2. The predicted octanol–water partition coefficient (Wildman–Crippen LogP) is 7.36. The SMILES string of the molecule is Cc1ccc(C)n1-c1ccc(OCc2ccc(C(=O)N/N=C/c3c(OC(C)(C)C)ccc4ccccc34)o2)cc1. The highest BCUT2D eigenvalue weighted by atomic mass is 16.5. The van der Waals surface area contributed by atoms with Crippen LogP contribution in [0.5, 0.6) is 11.5 Å². The van der Waals surface area contributed by atoms with Crippen molar-refractivity contribution in [3.8, 4) is 17.2 Å². The van der Waals surface area contributed by atoms with Gasteiger partial charge in [-0.25, -0.2) is 5.43 Å². The molecule has 7 heteroatoms. The van der Waals surface area contributed by atoms with Crippen LogP contribution in [-0.2, 0) is 6.61 Å². The van der Waals surface area contributed by atoms with Crippen LogP contribution in [0.1, 0.15) is 54.0 Å². The maximum absolute atomic E-state index is 12.7. The molecule has 7 nitrogen and oxygen atoms in total. The molecule has 5 rings (SSSR count). The van der Waals surface area contributed by atoms with E-state index >= 15 is 0 Å². The molecule has 40 heavy (non-hydrogen) atoms.